The van der Waals surface area contributed by atoms with Gasteiger partial charge in [0, 0.05) is 0 Å². The van der Waals surface area contributed by atoms with Crippen molar-refractivity contribution < 1.29 is 0 Å². The van der Waals surface area contributed by atoms with Crippen molar-refractivity contribution in [1.29, 1.82) is 0 Å². The first-order chi connectivity index (χ1) is 9.74. The molecule has 0 aliphatic rings. The fourth-order valence-corrected chi connectivity index (χ4v) is 3.31. The Morgan fingerprint density at radius 1 is 0.600 bits per heavy atom. The van der Waals surface area contributed by atoms with E-state index in [2.05, 4.69) is 27.7 Å². The first-order valence-electron chi connectivity index (χ1n) is 9.74. The molecule has 0 bridgehead atoms. The summed E-state index contributed by atoms with van der Waals surface area (Å²) in [7, 11) is 0. The van der Waals surface area contributed by atoms with Crippen molar-refractivity contribution in [3.8, 4) is 0 Å². The third-order valence-corrected chi connectivity index (χ3v) is 4.83. The Kier molecular flexibility index (Phi) is 15.4. The van der Waals surface area contributed by atoms with Crippen LogP contribution in [0.2, 0.25) is 0 Å². The lowest BCUT2D eigenvalue weighted by molar-refractivity contribution is 0.330. The van der Waals surface area contributed by atoms with E-state index >= 15 is 0 Å². The van der Waals surface area contributed by atoms with Crippen molar-refractivity contribution in [3.63, 3.8) is 0 Å². The van der Waals surface area contributed by atoms with Gasteiger partial charge in [0.2, 0.25) is 0 Å². The zero-order valence-electron chi connectivity index (χ0n) is 15.1. The van der Waals surface area contributed by atoms with Crippen LogP contribution >= 0.6 is 0 Å². The first kappa shape index (κ1) is 20.0. The fraction of sp³-hybridized carbons (Fsp3) is 1.00. The molecule has 0 radical (unpaired) electrons. The predicted molar refractivity (Wildman–Crippen MR) is 94.3 cm³/mol. The van der Waals surface area contributed by atoms with Crippen LogP contribution < -0.4 is 0 Å². The Morgan fingerprint density at radius 3 is 1.70 bits per heavy atom. The van der Waals surface area contributed by atoms with Gasteiger partial charge >= 0.3 is 0 Å². The maximum atomic E-state index is 2.49. The van der Waals surface area contributed by atoms with Crippen LogP contribution in [0, 0.1) is 11.8 Å². The maximum absolute atomic E-state index is 2.49. The van der Waals surface area contributed by atoms with Crippen molar-refractivity contribution in [3.05, 3.63) is 0 Å². The lowest BCUT2D eigenvalue weighted by Crippen LogP contribution is -2.06. The van der Waals surface area contributed by atoms with Gasteiger partial charge in [0.25, 0.3) is 0 Å². The quantitative estimate of drug-likeness (QED) is 0.269. The van der Waals surface area contributed by atoms with E-state index in [-0.39, 0.29) is 0 Å². The standard InChI is InChI=1S/C20H42/c1-5-8-10-12-13-14-16-19(4)18-20(7-3)17-15-11-9-6-2/h19-20H,5-18H2,1-4H3. The average molecular weight is 283 g/mol. The average Bonchev–Trinajstić information content (AvgIpc) is 2.46. The van der Waals surface area contributed by atoms with Crippen LogP contribution in [-0.2, 0) is 0 Å². The summed E-state index contributed by atoms with van der Waals surface area (Å²) in [6.07, 6.45) is 20.2. The largest absolute Gasteiger partial charge is 0.0654 e. The normalized spacial score (nSPS) is 14.4. The first-order valence-corrected chi connectivity index (χ1v) is 9.74. The Bertz CT molecular complexity index is 173. The van der Waals surface area contributed by atoms with Gasteiger partial charge in [-0.15, -0.1) is 0 Å². The zero-order valence-corrected chi connectivity index (χ0v) is 15.1. The van der Waals surface area contributed by atoms with Crippen molar-refractivity contribution in [2.75, 3.05) is 0 Å². The minimum Gasteiger partial charge on any atom is -0.0654 e. The lowest BCUT2D eigenvalue weighted by atomic mass is 9.87. The van der Waals surface area contributed by atoms with Crippen LogP contribution in [0.5, 0.6) is 0 Å². The van der Waals surface area contributed by atoms with Crippen LogP contribution in [0.1, 0.15) is 118 Å². The predicted octanol–water partition coefficient (Wildman–Crippen LogP) is 7.76. The summed E-state index contributed by atoms with van der Waals surface area (Å²) in [6, 6.07) is 0. The molecule has 0 N–H and O–H groups in total. The second-order valence-corrected chi connectivity index (χ2v) is 7.02. The molecule has 0 saturated carbocycles. The lowest BCUT2D eigenvalue weighted by Gasteiger charge is -2.19. The smallest absolute Gasteiger partial charge is 0.0414 e. The van der Waals surface area contributed by atoms with Gasteiger partial charge in [-0.1, -0.05) is 111 Å². The highest BCUT2D eigenvalue weighted by molar-refractivity contribution is 4.63. The van der Waals surface area contributed by atoms with Gasteiger partial charge in [-0.25, -0.2) is 0 Å². The van der Waals surface area contributed by atoms with Gasteiger partial charge in [-0.05, 0) is 18.3 Å². The summed E-state index contributed by atoms with van der Waals surface area (Å²) >= 11 is 0. The van der Waals surface area contributed by atoms with E-state index < -0.39 is 0 Å². The number of hydrogen-bond acceptors (Lipinski definition) is 0. The Morgan fingerprint density at radius 2 is 1.10 bits per heavy atom. The van der Waals surface area contributed by atoms with Crippen molar-refractivity contribution >= 4 is 0 Å². The highest BCUT2D eigenvalue weighted by Crippen LogP contribution is 2.25. The number of rotatable bonds is 15. The molecule has 0 nitrogen and oxygen atoms in total. The number of hydrogen-bond donors (Lipinski definition) is 0. The summed E-state index contributed by atoms with van der Waals surface area (Å²) in [5, 5.41) is 0. The van der Waals surface area contributed by atoms with E-state index in [4.69, 9.17) is 0 Å². The summed E-state index contributed by atoms with van der Waals surface area (Å²) in [6.45, 7) is 9.48. The van der Waals surface area contributed by atoms with Crippen molar-refractivity contribution in [2.24, 2.45) is 11.8 Å². The molecular formula is C20H42. The molecule has 2 unspecified atom stereocenters. The molecule has 0 aromatic carbocycles. The molecular weight excluding hydrogens is 240 g/mol. The Labute approximate surface area is 130 Å². The van der Waals surface area contributed by atoms with Crippen LogP contribution in [0.25, 0.3) is 0 Å². The molecule has 0 heteroatoms. The van der Waals surface area contributed by atoms with E-state index in [1.165, 1.54) is 89.9 Å². The molecule has 2 atom stereocenters. The zero-order chi connectivity index (χ0) is 15.1. The molecule has 0 aromatic rings. The fourth-order valence-electron chi connectivity index (χ4n) is 3.31. The van der Waals surface area contributed by atoms with Gasteiger partial charge in [-0.2, -0.15) is 0 Å². The molecule has 0 saturated heterocycles. The van der Waals surface area contributed by atoms with E-state index in [1.807, 2.05) is 0 Å². The topological polar surface area (TPSA) is 0 Å². The third-order valence-electron chi connectivity index (χ3n) is 4.83. The molecule has 122 valence electrons. The van der Waals surface area contributed by atoms with E-state index in [9.17, 15) is 0 Å². The molecule has 0 spiro atoms. The minimum atomic E-state index is 0.956. The summed E-state index contributed by atoms with van der Waals surface area (Å²) in [5.41, 5.74) is 0. The molecule has 0 aromatic heterocycles. The van der Waals surface area contributed by atoms with Crippen molar-refractivity contribution in [1.82, 2.24) is 0 Å². The Balaban J connectivity index is 3.51. The molecule has 0 aliphatic carbocycles. The monoisotopic (exact) mass is 282 g/mol. The Hall–Kier alpha value is 0. The van der Waals surface area contributed by atoms with Gasteiger partial charge in [0.05, 0.1) is 0 Å². The highest BCUT2D eigenvalue weighted by atomic mass is 14.2. The third kappa shape index (κ3) is 13.0. The molecule has 20 heavy (non-hydrogen) atoms. The van der Waals surface area contributed by atoms with Gasteiger partial charge < -0.3 is 0 Å². The van der Waals surface area contributed by atoms with E-state index in [0.29, 0.717) is 0 Å². The SMILES string of the molecule is CCCCCCCCC(C)CC(CC)CCCCCC. The summed E-state index contributed by atoms with van der Waals surface area (Å²) in [5.74, 6) is 1.96. The molecule has 0 heterocycles. The number of unbranched alkanes of at least 4 members (excludes halogenated alkanes) is 8. The van der Waals surface area contributed by atoms with Crippen LogP contribution in [0.3, 0.4) is 0 Å². The second-order valence-electron chi connectivity index (χ2n) is 7.02. The molecule has 0 rings (SSSR count). The molecule has 0 amide bonds. The van der Waals surface area contributed by atoms with Gasteiger partial charge in [0.1, 0.15) is 0 Å². The molecule has 0 aliphatic heterocycles. The van der Waals surface area contributed by atoms with Crippen molar-refractivity contribution in [2.45, 2.75) is 118 Å². The highest BCUT2D eigenvalue weighted by Gasteiger charge is 2.11. The van der Waals surface area contributed by atoms with Gasteiger partial charge in [0.15, 0.2) is 0 Å². The summed E-state index contributed by atoms with van der Waals surface area (Å²) in [4.78, 5) is 0. The summed E-state index contributed by atoms with van der Waals surface area (Å²) < 4.78 is 0. The second kappa shape index (κ2) is 15.4. The van der Waals surface area contributed by atoms with Crippen LogP contribution in [-0.4, -0.2) is 0 Å². The van der Waals surface area contributed by atoms with Crippen LogP contribution in [0.15, 0.2) is 0 Å². The van der Waals surface area contributed by atoms with E-state index in [0.717, 1.165) is 11.8 Å². The molecule has 0 fully saturated rings. The maximum Gasteiger partial charge on any atom is -0.0414 e. The van der Waals surface area contributed by atoms with Crippen LogP contribution in [0.4, 0.5) is 0 Å². The van der Waals surface area contributed by atoms with Gasteiger partial charge in [-0.3, -0.25) is 0 Å². The minimum absolute atomic E-state index is 0.956. The van der Waals surface area contributed by atoms with E-state index in [1.54, 1.807) is 0 Å².